The Bertz CT molecular complexity index is 548. The van der Waals surface area contributed by atoms with E-state index < -0.39 is 0 Å². The van der Waals surface area contributed by atoms with E-state index in [4.69, 9.17) is 10.5 Å². The van der Waals surface area contributed by atoms with E-state index in [9.17, 15) is 0 Å². The van der Waals surface area contributed by atoms with Crippen LogP contribution in [0.1, 0.15) is 38.7 Å². The van der Waals surface area contributed by atoms with Crippen molar-refractivity contribution in [1.82, 2.24) is 10.2 Å². The van der Waals surface area contributed by atoms with Crippen LogP contribution in [-0.2, 0) is 0 Å². The van der Waals surface area contributed by atoms with Gasteiger partial charge in [-0.25, -0.2) is 0 Å². The third-order valence-corrected chi connectivity index (χ3v) is 3.37. The predicted molar refractivity (Wildman–Crippen MR) is 78.3 cm³/mol. The van der Waals surface area contributed by atoms with E-state index in [1.54, 1.807) is 0 Å². The number of ether oxygens (including phenoxy) is 1. The molecule has 1 unspecified atom stereocenters. The van der Waals surface area contributed by atoms with Crippen molar-refractivity contribution >= 4 is 5.82 Å². The largest absolute Gasteiger partial charge is 0.493 e. The number of anilines is 1. The van der Waals surface area contributed by atoms with Crippen LogP contribution in [0, 0.1) is 0 Å². The Morgan fingerprint density at radius 3 is 2.68 bits per heavy atom. The van der Waals surface area contributed by atoms with Gasteiger partial charge in [-0.1, -0.05) is 19.9 Å². The zero-order valence-corrected chi connectivity index (χ0v) is 11.7. The van der Waals surface area contributed by atoms with Gasteiger partial charge >= 0.3 is 0 Å². The molecule has 4 nitrogen and oxygen atoms in total. The smallest absolute Gasteiger partial charge is 0.145 e. The number of aromatic nitrogens is 2. The lowest BCUT2D eigenvalue weighted by molar-refractivity contribution is 0.341. The number of benzene rings is 1. The second kappa shape index (κ2) is 5.78. The highest BCUT2D eigenvalue weighted by atomic mass is 16.5. The van der Waals surface area contributed by atoms with E-state index in [1.807, 2.05) is 19.1 Å². The molecule has 4 heteroatoms. The Kier molecular flexibility index (Phi) is 4.10. The van der Waals surface area contributed by atoms with Crippen LogP contribution in [0.3, 0.4) is 0 Å². The molecule has 0 radical (unpaired) electrons. The Labute approximate surface area is 114 Å². The number of rotatable bonds is 5. The maximum absolute atomic E-state index is 5.68. The molecule has 0 saturated carbocycles. The van der Waals surface area contributed by atoms with Crippen LogP contribution in [-0.4, -0.2) is 16.8 Å². The minimum absolute atomic E-state index is 0.492. The molecule has 1 aromatic heterocycles. The minimum atomic E-state index is 0.492. The summed E-state index contributed by atoms with van der Waals surface area (Å²) in [5.41, 5.74) is 8.89. The number of hydrogen-bond acceptors (Lipinski definition) is 3. The van der Waals surface area contributed by atoms with E-state index in [0.717, 1.165) is 23.4 Å². The molecule has 0 bridgehead atoms. The Morgan fingerprint density at radius 2 is 2.11 bits per heavy atom. The van der Waals surface area contributed by atoms with Crippen LogP contribution in [0.2, 0.25) is 0 Å². The van der Waals surface area contributed by atoms with Crippen LogP contribution in [0.5, 0.6) is 5.75 Å². The summed E-state index contributed by atoms with van der Waals surface area (Å²) < 4.78 is 5.68. The first-order chi connectivity index (χ1) is 9.15. The highest BCUT2D eigenvalue weighted by Gasteiger charge is 2.12. The van der Waals surface area contributed by atoms with Gasteiger partial charge in [-0.15, -0.1) is 0 Å². The third kappa shape index (κ3) is 2.89. The van der Waals surface area contributed by atoms with Gasteiger partial charge in [0.05, 0.1) is 12.3 Å². The number of aromatic amines is 1. The summed E-state index contributed by atoms with van der Waals surface area (Å²) in [5.74, 6) is 1.87. The second-order valence-electron chi connectivity index (χ2n) is 4.70. The number of H-pyrrole nitrogens is 1. The van der Waals surface area contributed by atoms with E-state index in [2.05, 4.69) is 36.2 Å². The van der Waals surface area contributed by atoms with Crippen molar-refractivity contribution in [2.24, 2.45) is 0 Å². The predicted octanol–water partition coefficient (Wildman–Crippen LogP) is 3.57. The van der Waals surface area contributed by atoms with Crippen molar-refractivity contribution in [3.05, 3.63) is 29.8 Å². The van der Waals surface area contributed by atoms with Gasteiger partial charge in [0.1, 0.15) is 11.6 Å². The summed E-state index contributed by atoms with van der Waals surface area (Å²) in [4.78, 5) is 0. The number of nitrogens with two attached hydrogens (primary N) is 1. The lowest BCUT2D eigenvalue weighted by Gasteiger charge is -2.14. The molecule has 0 fully saturated rings. The first-order valence-electron chi connectivity index (χ1n) is 6.73. The fourth-order valence-corrected chi connectivity index (χ4v) is 2.06. The summed E-state index contributed by atoms with van der Waals surface area (Å²) >= 11 is 0. The second-order valence-corrected chi connectivity index (χ2v) is 4.70. The topological polar surface area (TPSA) is 63.9 Å². The number of nitrogens with one attached hydrogen (secondary N) is 1. The van der Waals surface area contributed by atoms with Gasteiger partial charge in [-0.2, -0.15) is 5.10 Å². The first-order valence-corrected chi connectivity index (χ1v) is 6.73. The monoisotopic (exact) mass is 259 g/mol. The molecule has 0 aliphatic carbocycles. The molecule has 0 saturated heterocycles. The van der Waals surface area contributed by atoms with Gasteiger partial charge in [-0.3, -0.25) is 5.10 Å². The standard InChI is InChI=1S/C15H21N3O/c1-4-10(3)11-6-7-14(19-5-2)12(8-11)13-9-15(16)18-17-13/h6-10H,4-5H2,1-3H3,(H3,16,17,18). The fraction of sp³-hybridized carbons (Fsp3) is 0.400. The Balaban J connectivity index is 2.47. The fourth-order valence-electron chi connectivity index (χ4n) is 2.06. The molecule has 3 N–H and O–H groups in total. The van der Waals surface area contributed by atoms with Crippen molar-refractivity contribution in [3.63, 3.8) is 0 Å². The SMILES string of the molecule is CCOc1ccc(C(C)CC)cc1-c1cc(N)n[nH]1. The van der Waals surface area contributed by atoms with Crippen LogP contribution < -0.4 is 10.5 Å². The minimum Gasteiger partial charge on any atom is -0.493 e. The molecule has 2 aromatic rings. The Morgan fingerprint density at radius 1 is 1.32 bits per heavy atom. The van der Waals surface area contributed by atoms with Gasteiger partial charge in [0.25, 0.3) is 0 Å². The number of nitrogens with zero attached hydrogens (tertiary/aromatic N) is 1. The maximum Gasteiger partial charge on any atom is 0.145 e. The zero-order chi connectivity index (χ0) is 13.8. The highest BCUT2D eigenvalue weighted by molar-refractivity contribution is 5.70. The van der Waals surface area contributed by atoms with Crippen LogP contribution >= 0.6 is 0 Å². The molecule has 1 heterocycles. The molecule has 1 atom stereocenters. The van der Waals surface area contributed by atoms with Crippen molar-refractivity contribution in [2.45, 2.75) is 33.1 Å². The molecule has 2 rings (SSSR count). The van der Waals surface area contributed by atoms with E-state index in [-0.39, 0.29) is 0 Å². The quantitative estimate of drug-likeness (QED) is 0.862. The summed E-state index contributed by atoms with van der Waals surface area (Å²) in [5, 5.41) is 6.94. The summed E-state index contributed by atoms with van der Waals surface area (Å²) in [6.07, 6.45) is 1.11. The zero-order valence-electron chi connectivity index (χ0n) is 11.7. The van der Waals surface area contributed by atoms with Gasteiger partial charge in [0.2, 0.25) is 0 Å². The maximum atomic E-state index is 5.68. The normalized spacial score (nSPS) is 12.4. The summed E-state index contributed by atoms with van der Waals surface area (Å²) in [6, 6.07) is 8.14. The van der Waals surface area contributed by atoms with Gasteiger partial charge < -0.3 is 10.5 Å². The number of nitrogen functional groups attached to an aromatic ring is 1. The van der Waals surface area contributed by atoms with Crippen LogP contribution in [0.15, 0.2) is 24.3 Å². The molecule has 1 aromatic carbocycles. The van der Waals surface area contributed by atoms with Crippen molar-refractivity contribution in [3.8, 4) is 17.0 Å². The van der Waals surface area contributed by atoms with Crippen LogP contribution in [0.4, 0.5) is 5.82 Å². The first kappa shape index (κ1) is 13.5. The molecule has 102 valence electrons. The van der Waals surface area contributed by atoms with Gasteiger partial charge in [0.15, 0.2) is 0 Å². The highest BCUT2D eigenvalue weighted by Crippen LogP contribution is 2.33. The average Bonchev–Trinajstić information content (AvgIpc) is 2.85. The lowest BCUT2D eigenvalue weighted by atomic mass is 9.95. The van der Waals surface area contributed by atoms with E-state index in [1.165, 1.54) is 5.56 Å². The molecule has 0 aliphatic rings. The third-order valence-electron chi connectivity index (χ3n) is 3.37. The molecule has 0 aliphatic heterocycles. The molecular formula is C15H21N3O. The average molecular weight is 259 g/mol. The van der Waals surface area contributed by atoms with Gasteiger partial charge in [-0.05, 0) is 37.0 Å². The van der Waals surface area contributed by atoms with Crippen molar-refractivity contribution in [1.29, 1.82) is 0 Å². The van der Waals surface area contributed by atoms with Crippen molar-refractivity contribution in [2.75, 3.05) is 12.3 Å². The summed E-state index contributed by atoms with van der Waals surface area (Å²) in [7, 11) is 0. The van der Waals surface area contributed by atoms with E-state index in [0.29, 0.717) is 18.3 Å². The summed E-state index contributed by atoms with van der Waals surface area (Å²) in [6.45, 7) is 7.03. The lowest BCUT2D eigenvalue weighted by Crippen LogP contribution is -1.97. The van der Waals surface area contributed by atoms with Gasteiger partial charge in [0, 0.05) is 11.6 Å². The molecular weight excluding hydrogens is 238 g/mol. The van der Waals surface area contributed by atoms with E-state index >= 15 is 0 Å². The van der Waals surface area contributed by atoms with Crippen LogP contribution in [0.25, 0.3) is 11.3 Å². The molecule has 0 amide bonds. The number of hydrogen-bond donors (Lipinski definition) is 2. The Hall–Kier alpha value is -1.97. The van der Waals surface area contributed by atoms with Crippen molar-refractivity contribution < 1.29 is 4.74 Å². The molecule has 0 spiro atoms. The molecule has 19 heavy (non-hydrogen) atoms.